The molecule has 0 aliphatic carbocycles. The van der Waals surface area contributed by atoms with Crippen molar-refractivity contribution < 1.29 is 17.3 Å². The Balaban J connectivity index is 1.70. The van der Waals surface area contributed by atoms with Gasteiger partial charge in [0.15, 0.2) is 5.82 Å². The summed E-state index contributed by atoms with van der Waals surface area (Å²) in [6, 6.07) is 4.87. The van der Waals surface area contributed by atoms with Gasteiger partial charge in [-0.1, -0.05) is 12.1 Å². The molecule has 0 N–H and O–H groups in total. The molecule has 7 nitrogen and oxygen atoms in total. The Morgan fingerprint density at radius 2 is 1.92 bits per heavy atom. The van der Waals surface area contributed by atoms with Gasteiger partial charge in [-0.15, -0.1) is 0 Å². The van der Waals surface area contributed by atoms with Crippen LogP contribution in [-0.2, 0) is 16.4 Å². The maximum atomic E-state index is 13.1. The summed E-state index contributed by atoms with van der Waals surface area (Å²) in [4.78, 5) is 6.63. The summed E-state index contributed by atoms with van der Waals surface area (Å²) in [5, 5.41) is 3.93. The fourth-order valence-corrected chi connectivity index (χ4v) is 4.50. The highest BCUT2D eigenvalue weighted by Crippen LogP contribution is 2.23. The highest BCUT2D eigenvalue weighted by Gasteiger charge is 2.29. The van der Waals surface area contributed by atoms with Gasteiger partial charge in [0.05, 0.1) is 10.9 Å². The lowest BCUT2D eigenvalue weighted by Gasteiger charge is -2.25. The summed E-state index contributed by atoms with van der Waals surface area (Å²) < 4.78 is 45.4. The Bertz CT molecular complexity index is 838. The largest absolute Gasteiger partial charge is 0.338 e. The second-order valence-corrected chi connectivity index (χ2v) is 8.26. The Morgan fingerprint density at radius 1 is 1.19 bits per heavy atom. The predicted molar refractivity (Wildman–Crippen MR) is 93.4 cm³/mol. The van der Waals surface area contributed by atoms with Gasteiger partial charge in [-0.3, -0.25) is 4.90 Å². The minimum atomic E-state index is -3.63. The fraction of sp³-hybridized carbons (Fsp3) is 0.529. The second kappa shape index (κ2) is 7.81. The van der Waals surface area contributed by atoms with Crippen molar-refractivity contribution in [2.75, 3.05) is 26.2 Å². The van der Waals surface area contributed by atoms with Gasteiger partial charge in [-0.2, -0.15) is 9.29 Å². The monoisotopic (exact) mass is 382 g/mol. The molecule has 2 heterocycles. The molecule has 1 atom stereocenters. The molecule has 3 rings (SSSR count). The highest BCUT2D eigenvalue weighted by molar-refractivity contribution is 7.89. The second-order valence-electron chi connectivity index (χ2n) is 6.33. The van der Waals surface area contributed by atoms with Crippen molar-refractivity contribution in [1.29, 1.82) is 0 Å². The van der Waals surface area contributed by atoms with Crippen LogP contribution >= 0.6 is 0 Å². The van der Waals surface area contributed by atoms with Crippen LogP contribution in [0.25, 0.3) is 0 Å². The zero-order valence-electron chi connectivity index (χ0n) is 14.9. The van der Waals surface area contributed by atoms with Gasteiger partial charge in [0.2, 0.25) is 15.9 Å². The number of hydrogen-bond donors (Lipinski definition) is 0. The number of rotatable bonds is 5. The number of nitrogens with zero attached hydrogens (tertiary/aromatic N) is 4. The average Bonchev–Trinajstić information content (AvgIpc) is 2.97. The van der Waals surface area contributed by atoms with E-state index in [1.165, 1.54) is 28.6 Å². The van der Waals surface area contributed by atoms with Crippen LogP contribution in [0.5, 0.6) is 0 Å². The molecule has 1 unspecified atom stereocenters. The number of halogens is 1. The third-order valence-electron chi connectivity index (χ3n) is 4.65. The molecule has 1 aromatic carbocycles. The SMILES string of the molecule is CCc1noc(C(C)N2CCCN(S(=O)(=O)c3ccc(F)cc3)CC2)n1. The van der Waals surface area contributed by atoms with Gasteiger partial charge in [0.1, 0.15) is 5.82 Å². The van der Waals surface area contributed by atoms with E-state index in [0.717, 1.165) is 6.54 Å². The van der Waals surface area contributed by atoms with Crippen molar-refractivity contribution in [2.24, 2.45) is 0 Å². The lowest BCUT2D eigenvalue weighted by molar-refractivity contribution is 0.181. The van der Waals surface area contributed by atoms with Gasteiger partial charge < -0.3 is 4.52 Å². The normalized spacial score (nSPS) is 18.6. The van der Waals surface area contributed by atoms with Crippen LogP contribution in [0.1, 0.15) is 38.0 Å². The minimum absolute atomic E-state index is 0.0729. The van der Waals surface area contributed by atoms with E-state index in [1.807, 2.05) is 13.8 Å². The molecule has 1 fully saturated rings. The Labute approximate surface area is 152 Å². The minimum Gasteiger partial charge on any atom is -0.338 e. The zero-order valence-corrected chi connectivity index (χ0v) is 15.7. The summed E-state index contributed by atoms with van der Waals surface area (Å²) in [5.74, 6) is 0.768. The van der Waals surface area contributed by atoms with Crippen LogP contribution in [0.15, 0.2) is 33.7 Å². The lowest BCUT2D eigenvalue weighted by Crippen LogP contribution is -2.36. The molecular formula is C17H23FN4O3S. The van der Waals surface area contributed by atoms with Crippen molar-refractivity contribution in [2.45, 2.75) is 37.6 Å². The molecule has 1 aromatic heterocycles. The van der Waals surface area contributed by atoms with Gasteiger partial charge >= 0.3 is 0 Å². The van der Waals surface area contributed by atoms with E-state index < -0.39 is 15.8 Å². The van der Waals surface area contributed by atoms with E-state index in [0.29, 0.717) is 44.2 Å². The molecule has 0 radical (unpaired) electrons. The zero-order chi connectivity index (χ0) is 18.7. The van der Waals surface area contributed by atoms with Crippen LogP contribution in [0, 0.1) is 5.82 Å². The smallest absolute Gasteiger partial charge is 0.243 e. The number of sulfonamides is 1. The Hall–Kier alpha value is -1.84. The van der Waals surface area contributed by atoms with Crippen LogP contribution < -0.4 is 0 Å². The average molecular weight is 382 g/mol. The van der Waals surface area contributed by atoms with Gasteiger partial charge in [0, 0.05) is 32.6 Å². The molecule has 0 amide bonds. The molecular weight excluding hydrogens is 359 g/mol. The summed E-state index contributed by atoms with van der Waals surface area (Å²) in [6.07, 6.45) is 1.40. The first-order valence-corrected chi connectivity index (χ1v) is 10.2. The summed E-state index contributed by atoms with van der Waals surface area (Å²) >= 11 is 0. The number of aromatic nitrogens is 2. The topological polar surface area (TPSA) is 79.5 Å². The van der Waals surface area contributed by atoms with Crippen molar-refractivity contribution in [1.82, 2.24) is 19.3 Å². The molecule has 26 heavy (non-hydrogen) atoms. The lowest BCUT2D eigenvalue weighted by atomic mass is 10.2. The van der Waals surface area contributed by atoms with Crippen LogP contribution in [0.3, 0.4) is 0 Å². The van der Waals surface area contributed by atoms with Crippen molar-refractivity contribution in [3.8, 4) is 0 Å². The van der Waals surface area contributed by atoms with Crippen LogP contribution in [0.2, 0.25) is 0 Å². The fourth-order valence-electron chi connectivity index (χ4n) is 3.03. The van der Waals surface area contributed by atoms with Crippen molar-refractivity contribution in [3.05, 3.63) is 41.8 Å². The first-order valence-electron chi connectivity index (χ1n) is 8.74. The predicted octanol–water partition coefficient (Wildman–Crippen LogP) is 2.23. The quantitative estimate of drug-likeness (QED) is 0.789. The van der Waals surface area contributed by atoms with E-state index in [9.17, 15) is 12.8 Å². The van der Waals surface area contributed by atoms with Crippen molar-refractivity contribution >= 4 is 10.0 Å². The number of aryl methyl sites for hydroxylation is 1. The molecule has 1 aliphatic heterocycles. The Kier molecular flexibility index (Phi) is 5.69. The Morgan fingerprint density at radius 3 is 2.58 bits per heavy atom. The van der Waals surface area contributed by atoms with Gasteiger partial charge in [-0.05, 0) is 37.6 Å². The van der Waals surface area contributed by atoms with Crippen molar-refractivity contribution in [3.63, 3.8) is 0 Å². The molecule has 0 bridgehead atoms. The molecule has 2 aromatic rings. The molecule has 1 saturated heterocycles. The molecule has 142 valence electrons. The summed E-state index contributed by atoms with van der Waals surface area (Å²) in [7, 11) is -3.63. The van der Waals surface area contributed by atoms with Gasteiger partial charge in [0.25, 0.3) is 0 Å². The highest BCUT2D eigenvalue weighted by atomic mass is 32.2. The van der Waals surface area contributed by atoms with E-state index in [1.54, 1.807) is 0 Å². The number of hydrogen-bond acceptors (Lipinski definition) is 6. The molecule has 0 saturated carbocycles. The maximum absolute atomic E-state index is 13.1. The molecule has 1 aliphatic rings. The summed E-state index contributed by atoms with van der Waals surface area (Å²) in [6.45, 7) is 6.03. The first-order chi connectivity index (χ1) is 12.4. The third kappa shape index (κ3) is 3.94. The van der Waals surface area contributed by atoms with E-state index >= 15 is 0 Å². The molecule has 9 heteroatoms. The maximum Gasteiger partial charge on any atom is 0.243 e. The first kappa shape index (κ1) is 18.9. The van der Waals surface area contributed by atoms with E-state index in [-0.39, 0.29) is 10.9 Å². The number of benzene rings is 1. The molecule has 0 spiro atoms. The van der Waals surface area contributed by atoms with E-state index in [4.69, 9.17) is 4.52 Å². The van der Waals surface area contributed by atoms with Crippen LogP contribution in [-0.4, -0.2) is 53.9 Å². The summed E-state index contributed by atoms with van der Waals surface area (Å²) in [5.41, 5.74) is 0. The van der Waals surface area contributed by atoms with E-state index in [2.05, 4.69) is 15.0 Å². The standard InChI is InChI=1S/C17H23FN4O3S/c1-3-16-19-17(25-20-16)13(2)21-9-4-10-22(12-11-21)26(23,24)15-7-5-14(18)6-8-15/h5-8,13H,3-4,9-12H2,1-2H3. The van der Waals surface area contributed by atoms with Gasteiger partial charge in [-0.25, -0.2) is 12.8 Å². The third-order valence-corrected chi connectivity index (χ3v) is 6.56. The van der Waals surface area contributed by atoms with Crippen LogP contribution in [0.4, 0.5) is 4.39 Å².